The molecule has 1 aromatic carbocycles. The van der Waals surface area contributed by atoms with Gasteiger partial charge in [-0.05, 0) is 37.5 Å². The highest BCUT2D eigenvalue weighted by molar-refractivity contribution is 6.00. The summed E-state index contributed by atoms with van der Waals surface area (Å²) in [7, 11) is 0. The van der Waals surface area contributed by atoms with Gasteiger partial charge < -0.3 is 15.4 Å². The Hall–Kier alpha value is -2.04. The van der Waals surface area contributed by atoms with E-state index in [1.54, 1.807) is 18.2 Å². The van der Waals surface area contributed by atoms with E-state index in [2.05, 4.69) is 31.4 Å². The summed E-state index contributed by atoms with van der Waals surface area (Å²) in [6.07, 6.45) is 32.6. The number of nitrogens with one attached hydrogen (secondary N) is 2. The standard InChI is InChI=1S/C40H72N2O3/c1-4-7-10-13-16-17-18-19-20-23-26-29-34-45-38-35-36(39(43)41-32-27-24-21-14-11-8-5-2)30-31-37(38)40(44)42-33-28-25-22-15-12-9-6-3/h30-31,35H,4-29,32-34H2,1-3H3,(H,41,43)(H,42,44). The number of carbonyl (C=O) groups excluding carboxylic acids is 2. The van der Waals surface area contributed by atoms with E-state index >= 15 is 0 Å². The Morgan fingerprint density at radius 2 is 0.867 bits per heavy atom. The highest BCUT2D eigenvalue weighted by Crippen LogP contribution is 2.22. The summed E-state index contributed by atoms with van der Waals surface area (Å²) in [4.78, 5) is 26.0. The lowest BCUT2D eigenvalue weighted by atomic mass is 10.1. The smallest absolute Gasteiger partial charge is 0.255 e. The van der Waals surface area contributed by atoms with E-state index in [0.717, 1.165) is 38.5 Å². The molecule has 0 spiro atoms. The van der Waals surface area contributed by atoms with Crippen molar-refractivity contribution in [1.82, 2.24) is 10.6 Å². The van der Waals surface area contributed by atoms with E-state index in [1.807, 2.05) is 0 Å². The lowest BCUT2D eigenvalue weighted by Gasteiger charge is -2.14. The van der Waals surface area contributed by atoms with E-state index in [-0.39, 0.29) is 11.8 Å². The summed E-state index contributed by atoms with van der Waals surface area (Å²) >= 11 is 0. The molecule has 0 aliphatic rings. The highest BCUT2D eigenvalue weighted by atomic mass is 16.5. The molecule has 0 bridgehead atoms. The number of hydrogen-bond donors (Lipinski definition) is 2. The molecule has 5 heteroatoms. The fraction of sp³-hybridized carbons (Fsp3) is 0.800. The first-order valence-electron chi connectivity index (χ1n) is 19.5. The normalized spacial score (nSPS) is 11.1. The number of amides is 2. The summed E-state index contributed by atoms with van der Waals surface area (Å²) in [6.45, 7) is 8.67. The lowest BCUT2D eigenvalue weighted by Crippen LogP contribution is -2.26. The first-order valence-corrected chi connectivity index (χ1v) is 19.5. The minimum Gasteiger partial charge on any atom is -0.493 e. The number of carbonyl (C=O) groups is 2. The molecule has 0 aliphatic heterocycles. The third-order valence-electron chi connectivity index (χ3n) is 8.88. The third kappa shape index (κ3) is 23.0. The molecule has 260 valence electrons. The number of benzene rings is 1. The molecule has 1 aromatic rings. The molecule has 0 saturated carbocycles. The van der Waals surface area contributed by atoms with Gasteiger partial charge in [-0.3, -0.25) is 9.59 Å². The highest BCUT2D eigenvalue weighted by Gasteiger charge is 2.16. The van der Waals surface area contributed by atoms with Crippen LogP contribution in [-0.2, 0) is 0 Å². The van der Waals surface area contributed by atoms with Gasteiger partial charge in [0.25, 0.3) is 11.8 Å². The molecular weight excluding hydrogens is 556 g/mol. The summed E-state index contributed by atoms with van der Waals surface area (Å²) in [6, 6.07) is 5.29. The predicted molar refractivity (Wildman–Crippen MR) is 194 cm³/mol. The Morgan fingerprint density at radius 3 is 1.31 bits per heavy atom. The van der Waals surface area contributed by atoms with Crippen molar-refractivity contribution in [2.45, 2.75) is 188 Å². The molecule has 2 N–H and O–H groups in total. The van der Waals surface area contributed by atoms with E-state index in [4.69, 9.17) is 4.74 Å². The van der Waals surface area contributed by atoms with Crippen molar-refractivity contribution in [2.75, 3.05) is 19.7 Å². The molecule has 2 amide bonds. The Bertz CT molecular complexity index is 841. The zero-order valence-electron chi connectivity index (χ0n) is 30.0. The summed E-state index contributed by atoms with van der Waals surface area (Å²) in [5.41, 5.74) is 1.09. The lowest BCUT2D eigenvalue weighted by molar-refractivity contribution is 0.0937. The summed E-state index contributed by atoms with van der Waals surface area (Å²) in [5.74, 6) is 0.325. The average Bonchev–Trinajstić information content (AvgIpc) is 3.05. The molecule has 0 heterocycles. The van der Waals surface area contributed by atoms with Gasteiger partial charge in [0.1, 0.15) is 5.75 Å². The van der Waals surface area contributed by atoms with Crippen LogP contribution in [0.2, 0.25) is 0 Å². The van der Waals surface area contributed by atoms with Crippen molar-refractivity contribution in [2.24, 2.45) is 0 Å². The maximum absolute atomic E-state index is 13.1. The molecule has 1 rings (SSSR count). The molecule has 0 atom stereocenters. The average molecular weight is 629 g/mol. The second-order valence-corrected chi connectivity index (χ2v) is 13.2. The first-order chi connectivity index (χ1) is 22.1. The van der Waals surface area contributed by atoms with Crippen molar-refractivity contribution in [3.63, 3.8) is 0 Å². The maximum Gasteiger partial charge on any atom is 0.255 e. The molecule has 0 fully saturated rings. The SMILES string of the molecule is CCCCCCCCCCCCCCOc1cc(C(=O)NCCCCCCCCC)ccc1C(=O)NCCCCCCCCC. The summed E-state index contributed by atoms with van der Waals surface area (Å²) in [5, 5.41) is 6.15. The van der Waals surface area contributed by atoms with Gasteiger partial charge in [-0.25, -0.2) is 0 Å². The van der Waals surface area contributed by atoms with Crippen molar-refractivity contribution in [3.05, 3.63) is 29.3 Å². The largest absolute Gasteiger partial charge is 0.493 e. The number of ether oxygens (including phenoxy) is 1. The van der Waals surface area contributed by atoms with E-state index in [9.17, 15) is 9.59 Å². The van der Waals surface area contributed by atoms with Gasteiger partial charge in [0, 0.05) is 18.7 Å². The molecule has 45 heavy (non-hydrogen) atoms. The Labute approximate surface area is 278 Å². The Morgan fingerprint density at radius 1 is 0.489 bits per heavy atom. The molecule has 0 aliphatic carbocycles. The third-order valence-corrected chi connectivity index (χ3v) is 8.88. The van der Waals surface area contributed by atoms with Gasteiger partial charge >= 0.3 is 0 Å². The maximum atomic E-state index is 13.1. The fourth-order valence-corrected chi connectivity index (χ4v) is 5.86. The van der Waals surface area contributed by atoms with Crippen LogP contribution in [-0.4, -0.2) is 31.5 Å². The van der Waals surface area contributed by atoms with Gasteiger partial charge in [-0.15, -0.1) is 0 Å². The topological polar surface area (TPSA) is 67.4 Å². The monoisotopic (exact) mass is 629 g/mol. The van der Waals surface area contributed by atoms with Crippen LogP contribution < -0.4 is 15.4 Å². The first kappa shape index (κ1) is 41.0. The van der Waals surface area contributed by atoms with Crippen molar-refractivity contribution in [1.29, 1.82) is 0 Å². The second-order valence-electron chi connectivity index (χ2n) is 13.2. The summed E-state index contributed by atoms with van der Waals surface area (Å²) < 4.78 is 6.17. The minimum absolute atomic E-state index is 0.0915. The molecular formula is C40H72N2O3. The van der Waals surface area contributed by atoms with Crippen molar-refractivity contribution in [3.8, 4) is 5.75 Å². The predicted octanol–water partition coefficient (Wildman–Crippen LogP) is 11.7. The molecule has 0 radical (unpaired) electrons. The molecule has 0 unspecified atom stereocenters. The van der Waals surface area contributed by atoms with Crippen molar-refractivity contribution >= 4 is 11.8 Å². The van der Waals surface area contributed by atoms with E-state index in [1.165, 1.54) is 128 Å². The number of hydrogen-bond acceptors (Lipinski definition) is 3. The van der Waals surface area contributed by atoms with Gasteiger partial charge in [-0.2, -0.15) is 0 Å². The fourth-order valence-electron chi connectivity index (χ4n) is 5.86. The minimum atomic E-state index is -0.110. The van der Waals surface area contributed by atoms with Crippen molar-refractivity contribution < 1.29 is 14.3 Å². The van der Waals surface area contributed by atoms with Crippen LogP contribution in [0.4, 0.5) is 0 Å². The Balaban J connectivity index is 2.50. The van der Waals surface area contributed by atoms with Crippen LogP contribution in [0, 0.1) is 0 Å². The van der Waals surface area contributed by atoms with E-state index < -0.39 is 0 Å². The van der Waals surface area contributed by atoms with Crippen LogP contribution in [0.15, 0.2) is 18.2 Å². The number of unbranched alkanes of at least 4 members (excludes halogenated alkanes) is 23. The van der Waals surface area contributed by atoms with Crippen LogP contribution in [0.5, 0.6) is 5.75 Å². The zero-order valence-corrected chi connectivity index (χ0v) is 30.0. The van der Waals surface area contributed by atoms with Crippen LogP contribution in [0.3, 0.4) is 0 Å². The van der Waals surface area contributed by atoms with Gasteiger partial charge in [0.15, 0.2) is 0 Å². The number of rotatable bonds is 32. The molecule has 0 aromatic heterocycles. The quantitative estimate of drug-likeness (QED) is 0.0780. The van der Waals surface area contributed by atoms with Crippen LogP contribution in [0.25, 0.3) is 0 Å². The second kappa shape index (κ2) is 30.6. The van der Waals surface area contributed by atoms with Gasteiger partial charge in [-0.1, -0.05) is 168 Å². The van der Waals surface area contributed by atoms with Gasteiger partial charge in [0.05, 0.1) is 12.2 Å². The van der Waals surface area contributed by atoms with Gasteiger partial charge in [0.2, 0.25) is 0 Å². The van der Waals surface area contributed by atoms with E-state index in [0.29, 0.717) is 36.6 Å². The molecule has 5 nitrogen and oxygen atoms in total. The zero-order chi connectivity index (χ0) is 32.6. The van der Waals surface area contributed by atoms with Crippen LogP contribution >= 0.6 is 0 Å². The van der Waals surface area contributed by atoms with Crippen LogP contribution in [0.1, 0.15) is 208 Å². The molecule has 0 saturated heterocycles. The Kier molecular flexibility index (Phi) is 27.9.